The van der Waals surface area contributed by atoms with E-state index in [1.807, 2.05) is 30.6 Å². The highest BCUT2D eigenvalue weighted by atomic mass is 35.5. The van der Waals surface area contributed by atoms with Crippen molar-refractivity contribution in [1.29, 1.82) is 0 Å². The largest absolute Gasteiger partial charge is 0.298 e. The van der Waals surface area contributed by atoms with Crippen molar-refractivity contribution in [2.24, 2.45) is 0 Å². The average Bonchev–Trinajstić information content (AvgIpc) is 2.91. The van der Waals surface area contributed by atoms with E-state index in [2.05, 4.69) is 27.0 Å². The standard InChI is InChI=1S/C15H16ClN3/c16-14-4-2-12(3-5-14)10-19-9-6-13(11-19)15-17-7-1-8-18-15/h1-5,7-8,13H,6,9-11H2. The third-order valence-electron chi connectivity index (χ3n) is 3.54. The number of hydrogen-bond acceptors (Lipinski definition) is 3. The highest BCUT2D eigenvalue weighted by Gasteiger charge is 2.25. The first-order chi connectivity index (χ1) is 9.31. The molecule has 0 N–H and O–H groups in total. The van der Waals surface area contributed by atoms with Crippen molar-refractivity contribution in [3.63, 3.8) is 0 Å². The number of likely N-dealkylation sites (tertiary alicyclic amines) is 1. The van der Waals surface area contributed by atoms with E-state index in [0.29, 0.717) is 5.92 Å². The van der Waals surface area contributed by atoms with Gasteiger partial charge in [-0.2, -0.15) is 0 Å². The fourth-order valence-electron chi connectivity index (χ4n) is 2.56. The molecule has 1 aliphatic heterocycles. The van der Waals surface area contributed by atoms with Crippen molar-refractivity contribution < 1.29 is 0 Å². The molecule has 0 spiro atoms. The van der Waals surface area contributed by atoms with E-state index >= 15 is 0 Å². The number of halogens is 1. The van der Waals surface area contributed by atoms with Crippen LogP contribution in [-0.2, 0) is 6.54 Å². The number of rotatable bonds is 3. The molecule has 1 atom stereocenters. The van der Waals surface area contributed by atoms with Gasteiger partial charge in [0.25, 0.3) is 0 Å². The van der Waals surface area contributed by atoms with Gasteiger partial charge in [-0.3, -0.25) is 4.90 Å². The van der Waals surface area contributed by atoms with Crippen LogP contribution in [0.4, 0.5) is 0 Å². The Balaban J connectivity index is 1.62. The summed E-state index contributed by atoms with van der Waals surface area (Å²) in [4.78, 5) is 11.2. The molecule has 19 heavy (non-hydrogen) atoms. The van der Waals surface area contributed by atoms with Crippen LogP contribution in [0.2, 0.25) is 5.02 Å². The highest BCUT2D eigenvalue weighted by molar-refractivity contribution is 6.30. The maximum atomic E-state index is 5.90. The molecule has 0 radical (unpaired) electrons. The number of benzene rings is 1. The van der Waals surface area contributed by atoms with Crippen LogP contribution in [0.15, 0.2) is 42.7 Å². The molecule has 2 aromatic rings. The van der Waals surface area contributed by atoms with Gasteiger partial charge in [-0.1, -0.05) is 23.7 Å². The number of aromatic nitrogens is 2. The maximum Gasteiger partial charge on any atom is 0.132 e. The van der Waals surface area contributed by atoms with Crippen LogP contribution in [0.1, 0.15) is 23.7 Å². The van der Waals surface area contributed by atoms with Crippen LogP contribution < -0.4 is 0 Å². The maximum absolute atomic E-state index is 5.90. The fourth-order valence-corrected chi connectivity index (χ4v) is 2.68. The van der Waals surface area contributed by atoms with Gasteiger partial charge >= 0.3 is 0 Å². The summed E-state index contributed by atoms with van der Waals surface area (Å²) in [5.74, 6) is 1.44. The van der Waals surface area contributed by atoms with E-state index in [1.54, 1.807) is 0 Å². The molecule has 0 amide bonds. The Bertz CT molecular complexity index is 527. The minimum atomic E-state index is 0.466. The molecule has 1 aliphatic rings. The Morgan fingerprint density at radius 3 is 2.63 bits per heavy atom. The molecular formula is C15H16ClN3. The first-order valence-corrected chi connectivity index (χ1v) is 6.93. The summed E-state index contributed by atoms with van der Waals surface area (Å²) in [5.41, 5.74) is 1.30. The van der Waals surface area contributed by atoms with Crippen molar-refractivity contribution in [1.82, 2.24) is 14.9 Å². The molecule has 3 nitrogen and oxygen atoms in total. The smallest absolute Gasteiger partial charge is 0.132 e. The molecule has 98 valence electrons. The quantitative estimate of drug-likeness (QED) is 0.860. The summed E-state index contributed by atoms with van der Waals surface area (Å²) in [6.07, 6.45) is 4.78. The fraction of sp³-hybridized carbons (Fsp3) is 0.333. The summed E-state index contributed by atoms with van der Waals surface area (Å²) in [7, 11) is 0. The Kier molecular flexibility index (Phi) is 3.76. The van der Waals surface area contributed by atoms with Crippen molar-refractivity contribution in [3.8, 4) is 0 Å². The van der Waals surface area contributed by atoms with Gasteiger partial charge in [0.2, 0.25) is 0 Å². The van der Waals surface area contributed by atoms with Crippen LogP contribution in [0.3, 0.4) is 0 Å². The summed E-state index contributed by atoms with van der Waals surface area (Å²) in [6, 6.07) is 9.95. The van der Waals surface area contributed by atoms with Crippen LogP contribution >= 0.6 is 11.6 Å². The minimum Gasteiger partial charge on any atom is -0.298 e. The second-order valence-corrected chi connectivity index (χ2v) is 5.39. The third kappa shape index (κ3) is 3.11. The highest BCUT2D eigenvalue weighted by Crippen LogP contribution is 2.25. The van der Waals surface area contributed by atoms with E-state index in [-0.39, 0.29) is 0 Å². The van der Waals surface area contributed by atoms with E-state index in [4.69, 9.17) is 11.6 Å². The van der Waals surface area contributed by atoms with Crippen LogP contribution in [0.5, 0.6) is 0 Å². The number of hydrogen-bond donors (Lipinski definition) is 0. The van der Waals surface area contributed by atoms with Crippen LogP contribution in [0, 0.1) is 0 Å². The Morgan fingerprint density at radius 1 is 1.16 bits per heavy atom. The topological polar surface area (TPSA) is 29.0 Å². The lowest BCUT2D eigenvalue weighted by atomic mass is 10.1. The first-order valence-electron chi connectivity index (χ1n) is 6.55. The average molecular weight is 274 g/mol. The zero-order valence-corrected chi connectivity index (χ0v) is 11.4. The van der Waals surface area contributed by atoms with Gasteiger partial charge in [0.05, 0.1) is 0 Å². The van der Waals surface area contributed by atoms with Gasteiger partial charge in [-0.25, -0.2) is 9.97 Å². The van der Waals surface area contributed by atoms with Gasteiger partial charge in [0.1, 0.15) is 5.82 Å². The zero-order valence-electron chi connectivity index (χ0n) is 10.7. The number of nitrogens with zero attached hydrogens (tertiary/aromatic N) is 3. The molecule has 1 aromatic carbocycles. The van der Waals surface area contributed by atoms with Gasteiger partial charge in [0, 0.05) is 36.4 Å². The lowest BCUT2D eigenvalue weighted by Crippen LogP contribution is -2.20. The molecule has 1 saturated heterocycles. The van der Waals surface area contributed by atoms with Gasteiger partial charge < -0.3 is 0 Å². The lowest BCUT2D eigenvalue weighted by Gasteiger charge is -2.15. The van der Waals surface area contributed by atoms with E-state index in [1.165, 1.54) is 5.56 Å². The summed E-state index contributed by atoms with van der Waals surface area (Å²) >= 11 is 5.90. The molecule has 2 heterocycles. The SMILES string of the molecule is Clc1ccc(CN2CCC(c3ncccn3)C2)cc1. The molecule has 0 saturated carbocycles. The van der Waals surface area contributed by atoms with E-state index < -0.39 is 0 Å². The predicted octanol–water partition coefficient (Wildman–Crippen LogP) is 3.12. The Hall–Kier alpha value is -1.45. The molecule has 1 unspecified atom stereocenters. The van der Waals surface area contributed by atoms with Gasteiger partial charge in [-0.15, -0.1) is 0 Å². The second kappa shape index (κ2) is 5.68. The molecule has 3 rings (SSSR count). The predicted molar refractivity (Wildman–Crippen MR) is 76.1 cm³/mol. The molecule has 0 bridgehead atoms. The molecule has 4 heteroatoms. The summed E-state index contributed by atoms with van der Waals surface area (Å²) in [5, 5.41) is 0.792. The van der Waals surface area contributed by atoms with Crippen molar-refractivity contribution in [2.45, 2.75) is 18.9 Å². The molecular weight excluding hydrogens is 258 g/mol. The Labute approximate surface area is 118 Å². The summed E-state index contributed by atoms with van der Waals surface area (Å²) in [6.45, 7) is 3.11. The van der Waals surface area contributed by atoms with Crippen molar-refractivity contribution >= 4 is 11.6 Å². The van der Waals surface area contributed by atoms with E-state index in [9.17, 15) is 0 Å². The summed E-state index contributed by atoms with van der Waals surface area (Å²) < 4.78 is 0. The first kappa shape index (κ1) is 12.6. The normalized spacial score (nSPS) is 19.7. The lowest BCUT2D eigenvalue weighted by molar-refractivity contribution is 0.325. The minimum absolute atomic E-state index is 0.466. The third-order valence-corrected chi connectivity index (χ3v) is 3.79. The second-order valence-electron chi connectivity index (χ2n) is 4.95. The van der Waals surface area contributed by atoms with Crippen LogP contribution in [-0.4, -0.2) is 28.0 Å². The van der Waals surface area contributed by atoms with Crippen molar-refractivity contribution in [3.05, 3.63) is 59.1 Å². The van der Waals surface area contributed by atoms with Crippen LogP contribution in [0.25, 0.3) is 0 Å². The van der Waals surface area contributed by atoms with E-state index in [0.717, 1.165) is 36.9 Å². The molecule has 1 aromatic heterocycles. The van der Waals surface area contributed by atoms with Gasteiger partial charge in [-0.05, 0) is 36.7 Å². The molecule has 0 aliphatic carbocycles. The van der Waals surface area contributed by atoms with Gasteiger partial charge in [0.15, 0.2) is 0 Å². The molecule has 1 fully saturated rings. The monoisotopic (exact) mass is 273 g/mol. The Morgan fingerprint density at radius 2 is 1.89 bits per heavy atom. The van der Waals surface area contributed by atoms with Crippen molar-refractivity contribution in [2.75, 3.05) is 13.1 Å². The zero-order chi connectivity index (χ0) is 13.1.